The summed E-state index contributed by atoms with van der Waals surface area (Å²) < 4.78 is 26.6. The molecule has 1 aliphatic carbocycles. The van der Waals surface area contributed by atoms with Crippen LogP contribution in [0.4, 0.5) is 0 Å². The second kappa shape index (κ2) is 4.83. The number of nitrogens with two attached hydrogens (primary N) is 1. The lowest BCUT2D eigenvalue weighted by Gasteiger charge is -2.03. The zero-order valence-electron chi connectivity index (χ0n) is 8.98. The number of hydrogen-bond acceptors (Lipinski definition) is 4. The molecule has 1 fully saturated rings. The fourth-order valence-electron chi connectivity index (χ4n) is 1.48. The van der Waals surface area contributed by atoms with E-state index in [1.807, 2.05) is 0 Å². The van der Waals surface area contributed by atoms with Gasteiger partial charge < -0.3 is 5.73 Å². The number of sulfonamides is 1. The smallest absolute Gasteiger partial charge is 0.250 e. The van der Waals surface area contributed by atoms with Crippen LogP contribution in [0.1, 0.15) is 24.8 Å². The summed E-state index contributed by atoms with van der Waals surface area (Å²) in [6.45, 7) is 0.928. The minimum atomic E-state index is -3.30. The summed E-state index contributed by atoms with van der Waals surface area (Å²) in [6, 6.07) is 1.64. The standard InChI is InChI=1S/C10H16N2O2S2/c11-6-9-5-10(15-7-9)16(13,14)12-4-3-8-1-2-8/h5,7-8,12H,1-4,6,11H2. The second-order valence-corrected chi connectivity index (χ2v) is 7.01. The summed E-state index contributed by atoms with van der Waals surface area (Å²) in [5.74, 6) is 0.741. The Balaban J connectivity index is 1.94. The molecule has 1 saturated carbocycles. The summed E-state index contributed by atoms with van der Waals surface area (Å²) in [5, 5.41) is 1.79. The van der Waals surface area contributed by atoms with Gasteiger partial charge in [-0.25, -0.2) is 13.1 Å². The highest BCUT2D eigenvalue weighted by molar-refractivity contribution is 7.91. The molecule has 3 N–H and O–H groups in total. The van der Waals surface area contributed by atoms with Crippen LogP contribution in [0.5, 0.6) is 0 Å². The van der Waals surface area contributed by atoms with Crippen molar-refractivity contribution in [2.75, 3.05) is 6.54 Å². The minimum Gasteiger partial charge on any atom is -0.326 e. The van der Waals surface area contributed by atoms with Crippen molar-refractivity contribution < 1.29 is 8.42 Å². The van der Waals surface area contributed by atoms with Crippen molar-refractivity contribution >= 4 is 21.4 Å². The minimum absolute atomic E-state index is 0.365. The molecule has 6 heteroatoms. The Labute approximate surface area is 99.9 Å². The van der Waals surface area contributed by atoms with Crippen molar-refractivity contribution in [1.82, 2.24) is 4.72 Å². The van der Waals surface area contributed by atoms with E-state index in [4.69, 9.17) is 5.73 Å². The SMILES string of the molecule is NCc1csc(S(=O)(=O)NCCC2CC2)c1. The van der Waals surface area contributed by atoms with E-state index in [1.165, 1.54) is 24.2 Å². The summed E-state index contributed by atoms with van der Waals surface area (Å²) in [4.78, 5) is 0. The van der Waals surface area contributed by atoms with Crippen LogP contribution in [0.25, 0.3) is 0 Å². The Bertz CT molecular complexity index is 449. The van der Waals surface area contributed by atoms with Crippen LogP contribution in [0, 0.1) is 5.92 Å². The topological polar surface area (TPSA) is 72.2 Å². The van der Waals surface area contributed by atoms with Gasteiger partial charge in [0.15, 0.2) is 0 Å². The molecule has 0 spiro atoms. The van der Waals surface area contributed by atoms with Gasteiger partial charge in [0, 0.05) is 13.1 Å². The van der Waals surface area contributed by atoms with Gasteiger partial charge in [-0.1, -0.05) is 12.8 Å². The van der Waals surface area contributed by atoms with Crippen LogP contribution in [-0.2, 0) is 16.6 Å². The van der Waals surface area contributed by atoms with Crippen LogP contribution in [0.15, 0.2) is 15.7 Å². The predicted octanol–water partition coefficient (Wildman–Crippen LogP) is 1.29. The summed E-state index contributed by atoms with van der Waals surface area (Å²) >= 11 is 1.23. The molecule has 4 nitrogen and oxygen atoms in total. The molecule has 0 unspecified atom stereocenters. The molecule has 0 aliphatic heterocycles. The van der Waals surface area contributed by atoms with E-state index in [0.29, 0.717) is 17.3 Å². The molecule has 2 rings (SSSR count). The third kappa shape index (κ3) is 3.04. The lowest BCUT2D eigenvalue weighted by Crippen LogP contribution is -2.24. The fraction of sp³-hybridized carbons (Fsp3) is 0.600. The van der Waals surface area contributed by atoms with Gasteiger partial charge in [0.1, 0.15) is 4.21 Å². The lowest BCUT2D eigenvalue weighted by atomic mass is 10.3. The van der Waals surface area contributed by atoms with Crippen LogP contribution in [0.3, 0.4) is 0 Å². The van der Waals surface area contributed by atoms with Gasteiger partial charge in [-0.2, -0.15) is 0 Å². The largest absolute Gasteiger partial charge is 0.326 e. The van der Waals surface area contributed by atoms with Crippen LogP contribution >= 0.6 is 11.3 Å². The predicted molar refractivity (Wildman–Crippen MR) is 64.7 cm³/mol. The maximum atomic E-state index is 11.8. The zero-order chi connectivity index (χ0) is 11.6. The lowest BCUT2D eigenvalue weighted by molar-refractivity contribution is 0.577. The fourth-order valence-corrected chi connectivity index (χ4v) is 3.79. The number of nitrogens with one attached hydrogen (secondary N) is 1. The first kappa shape index (κ1) is 12.0. The third-order valence-electron chi connectivity index (χ3n) is 2.67. The second-order valence-electron chi connectivity index (χ2n) is 4.11. The van der Waals surface area contributed by atoms with Crippen molar-refractivity contribution in [1.29, 1.82) is 0 Å². The molecular formula is C10H16N2O2S2. The molecule has 0 atom stereocenters. The maximum absolute atomic E-state index is 11.8. The molecule has 0 aromatic carbocycles. The Morgan fingerprint density at radius 1 is 1.50 bits per heavy atom. The van der Waals surface area contributed by atoms with Crippen molar-refractivity contribution in [3.05, 3.63) is 17.0 Å². The average Bonchev–Trinajstić information content (AvgIpc) is 2.93. The van der Waals surface area contributed by atoms with E-state index in [9.17, 15) is 8.42 Å². The molecular weight excluding hydrogens is 244 g/mol. The van der Waals surface area contributed by atoms with Gasteiger partial charge in [0.05, 0.1) is 0 Å². The van der Waals surface area contributed by atoms with E-state index in [2.05, 4.69) is 4.72 Å². The molecule has 1 aromatic rings. The Morgan fingerprint density at radius 3 is 2.81 bits per heavy atom. The van der Waals surface area contributed by atoms with Gasteiger partial charge >= 0.3 is 0 Å². The first-order chi connectivity index (χ1) is 7.62. The summed E-state index contributed by atoms with van der Waals surface area (Å²) in [5.41, 5.74) is 6.31. The monoisotopic (exact) mass is 260 g/mol. The van der Waals surface area contributed by atoms with Crippen molar-refractivity contribution in [3.8, 4) is 0 Å². The highest BCUT2D eigenvalue weighted by Crippen LogP contribution is 2.31. The molecule has 0 radical (unpaired) electrons. The maximum Gasteiger partial charge on any atom is 0.250 e. The van der Waals surface area contributed by atoms with Gasteiger partial charge in [0.25, 0.3) is 0 Å². The molecule has 0 bridgehead atoms. The molecule has 1 aromatic heterocycles. The summed E-state index contributed by atoms with van der Waals surface area (Å²) in [7, 11) is -3.30. The van der Waals surface area contributed by atoms with Gasteiger partial charge in [-0.05, 0) is 29.3 Å². The van der Waals surface area contributed by atoms with Crippen molar-refractivity contribution in [2.45, 2.75) is 30.0 Å². The number of hydrogen-bond donors (Lipinski definition) is 2. The van der Waals surface area contributed by atoms with Gasteiger partial charge in [-0.15, -0.1) is 11.3 Å². The Kier molecular flexibility index (Phi) is 3.63. The molecule has 0 amide bonds. The van der Waals surface area contributed by atoms with E-state index < -0.39 is 10.0 Å². The number of thiophene rings is 1. The van der Waals surface area contributed by atoms with Gasteiger partial charge in [-0.3, -0.25) is 0 Å². The van der Waals surface area contributed by atoms with Crippen molar-refractivity contribution in [3.63, 3.8) is 0 Å². The first-order valence-corrected chi connectivity index (χ1v) is 7.75. The van der Waals surface area contributed by atoms with Gasteiger partial charge in [0.2, 0.25) is 10.0 Å². The van der Waals surface area contributed by atoms with E-state index in [-0.39, 0.29) is 0 Å². The molecule has 1 heterocycles. The summed E-state index contributed by atoms with van der Waals surface area (Å²) in [6.07, 6.45) is 3.45. The third-order valence-corrected chi connectivity index (χ3v) is 5.62. The Hall–Kier alpha value is -0.430. The van der Waals surface area contributed by atoms with E-state index in [1.54, 1.807) is 11.4 Å². The van der Waals surface area contributed by atoms with E-state index >= 15 is 0 Å². The molecule has 16 heavy (non-hydrogen) atoms. The van der Waals surface area contributed by atoms with Crippen LogP contribution in [0.2, 0.25) is 0 Å². The van der Waals surface area contributed by atoms with E-state index in [0.717, 1.165) is 17.9 Å². The Morgan fingerprint density at radius 2 is 2.25 bits per heavy atom. The van der Waals surface area contributed by atoms with Crippen LogP contribution in [-0.4, -0.2) is 15.0 Å². The zero-order valence-corrected chi connectivity index (χ0v) is 10.6. The first-order valence-electron chi connectivity index (χ1n) is 5.39. The van der Waals surface area contributed by atoms with Crippen LogP contribution < -0.4 is 10.5 Å². The molecule has 1 aliphatic rings. The number of rotatable bonds is 6. The van der Waals surface area contributed by atoms with Crippen molar-refractivity contribution in [2.24, 2.45) is 11.7 Å². The quantitative estimate of drug-likeness (QED) is 0.809. The average molecular weight is 260 g/mol. The normalized spacial score (nSPS) is 16.6. The highest BCUT2D eigenvalue weighted by atomic mass is 32.2. The highest BCUT2D eigenvalue weighted by Gasteiger charge is 2.22. The molecule has 90 valence electrons. The molecule has 0 saturated heterocycles.